The minimum Gasteiger partial charge on any atom is -0.476 e. The van der Waals surface area contributed by atoms with Crippen molar-refractivity contribution in [3.8, 4) is 6.07 Å². The van der Waals surface area contributed by atoms with Crippen molar-refractivity contribution in [3.63, 3.8) is 0 Å². The standard InChI is InChI=1S/C16H13NO2S/c1-3-16(2)15(18)11(9-17)14(19-16)13-8-10-6-4-5-7-12(10)20-13/h4-8H,3H2,1-2H3. The summed E-state index contributed by atoms with van der Waals surface area (Å²) < 4.78 is 6.97. The Kier molecular flexibility index (Phi) is 2.88. The van der Waals surface area contributed by atoms with E-state index < -0.39 is 5.60 Å². The lowest BCUT2D eigenvalue weighted by Crippen LogP contribution is -2.32. The Morgan fingerprint density at radius 2 is 2.15 bits per heavy atom. The third-order valence-corrected chi connectivity index (χ3v) is 4.81. The SMILES string of the molecule is CCC1(C)OC(c2cc3ccccc3s2)=C(C#N)C1=O. The van der Waals surface area contributed by atoms with E-state index in [9.17, 15) is 10.1 Å². The summed E-state index contributed by atoms with van der Waals surface area (Å²) in [5, 5.41) is 10.4. The summed E-state index contributed by atoms with van der Waals surface area (Å²) in [4.78, 5) is 13.1. The molecule has 1 aromatic heterocycles. The highest BCUT2D eigenvalue weighted by molar-refractivity contribution is 7.20. The number of nitriles is 1. The van der Waals surface area contributed by atoms with Gasteiger partial charge in [-0.2, -0.15) is 5.26 Å². The number of carbonyl (C=O) groups is 1. The Morgan fingerprint density at radius 3 is 2.80 bits per heavy atom. The van der Waals surface area contributed by atoms with Gasteiger partial charge in [0.25, 0.3) is 0 Å². The number of carbonyl (C=O) groups excluding carboxylic acids is 1. The molecule has 3 nitrogen and oxygen atoms in total. The van der Waals surface area contributed by atoms with E-state index in [4.69, 9.17) is 4.74 Å². The molecule has 1 aromatic carbocycles. The van der Waals surface area contributed by atoms with E-state index in [-0.39, 0.29) is 11.4 Å². The van der Waals surface area contributed by atoms with E-state index in [0.717, 1.165) is 15.0 Å². The van der Waals surface area contributed by atoms with Crippen molar-refractivity contribution in [2.45, 2.75) is 25.9 Å². The molecular weight excluding hydrogens is 270 g/mol. The number of hydrogen-bond acceptors (Lipinski definition) is 4. The van der Waals surface area contributed by atoms with E-state index in [1.54, 1.807) is 18.3 Å². The van der Waals surface area contributed by atoms with Gasteiger partial charge in [-0.25, -0.2) is 0 Å². The lowest BCUT2D eigenvalue weighted by Gasteiger charge is -2.21. The van der Waals surface area contributed by atoms with E-state index >= 15 is 0 Å². The summed E-state index contributed by atoms with van der Waals surface area (Å²) in [7, 11) is 0. The second-order valence-electron chi connectivity index (χ2n) is 4.98. The van der Waals surface area contributed by atoms with Crippen LogP contribution in [0.2, 0.25) is 0 Å². The van der Waals surface area contributed by atoms with Crippen LogP contribution in [-0.4, -0.2) is 11.4 Å². The van der Waals surface area contributed by atoms with Crippen LogP contribution in [0.15, 0.2) is 35.9 Å². The van der Waals surface area contributed by atoms with Gasteiger partial charge in [0, 0.05) is 4.70 Å². The third-order valence-electron chi connectivity index (χ3n) is 3.70. The number of ether oxygens (including phenoxy) is 1. The van der Waals surface area contributed by atoms with Crippen molar-refractivity contribution in [3.05, 3.63) is 40.8 Å². The smallest absolute Gasteiger partial charge is 0.220 e. The fourth-order valence-corrected chi connectivity index (χ4v) is 3.34. The molecule has 0 bridgehead atoms. The zero-order valence-electron chi connectivity index (χ0n) is 11.3. The molecule has 1 aliphatic heterocycles. The monoisotopic (exact) mass is 283 g/mol. The van der Waals surface area contributed by atoms with Crippen LogP contribution in [0.3, 0.4) is 0 Å². The number of thiophene rings is 1. The van der Waals surface area contributed by atoms with Crippen LogP contribution in [0.5, 0.6) is 0 Å². The molecule has 1 unspecified atom stereocenters. The van der Waals surface area contributed by atoms with E-state index in [0.29, 0.717) is 12.2 Å². The second-order valence-corrected chi connectivity index (χ2v) is 6.06. The van der Waals surface area contributed by atoms with Crippen LogP contribution in [0, 0.1) is 11.3 Å². The molecule has 0 fully saturated rings. The fraction of sp³-hybridized carbons (Fsp3) is 0.250. The Bertz CT molecular complexity index is 748. The molecule has 1 atom stereocenters. The third kappa shape index (κ3) is 1.75. The lowest BCUT2D eigenvalue weighted by molar-refractivity contribution is -0.127. The fourth-order valence-electron chi connectivity index (χ4n) is 2.29. The quantitative estimate of drug-likeness (QED) is 0.839. The highest BCUT2D eigenvalue weighted by Crippen LogP contribution is 2.41. The molecule has 0 saturated carbocycles. The maximum absolute atomic E-state index is 12.3. The Morgan fingerprint density at radius 1 is 1.40 bits per heavy atom. The molecule has 0 radical (unpaired) electrons. The van der Waals surface area contributed by atoms with Gasteiger partial charge >= 0.3 is 0 Å². The van der Waals surface area contributed by atoms with Gasteiger partial charge in [-0.3, -0.25) is 4.79 Å². The molecular formula is C16H13NO2S. The van der Waals surface area contributed by atoms with Crippen molar-refractivity contribution in [2.75, 3.05) is 0 Å². The molecule has 2 heterocycles. The Balaban J connectivity index is 2.15. The molecule has 0 spiro atoms. The average Bonchev–Trinajstić information content (AvgIpc) is 2.99. The summed E-state index contributed by atoms with van der Waals surface area (Å²) in [6, 6.07) is 12.0. The summed E-state index contributed by atoms with van der Waals surface area (Å²) >= 11 is 1.54. The van der Waals surface area contributed by atoms with Gasteiger partial charge < -0.3 is 4.74 Å². The number of fused-ring (bicyclic) bond motifs is 1. The van der Waals surface area contributed by atoms with E-state index in [2.05, 4.69) is 0 Å². The zero-order chi connectivity index (χ0) is 14.3. The average molecular weight is 283 g/mol. The molecule has 2 aromatic rings. The minimum absolute atomic E-state index is 0.140. The summed E-state index contributed by atoms with van der Waals surface area (Å²) in [6.07, 6.45) is 0.547. The van der Waals surface area contributed by atoms with E-state index in [1.165, 1.54) is 0 Å². The zero-order valence-corrected chi connectivity index (χ0v) is 12.1. The molecule has 0 N–H and O–H groups in total. The number of rotatable bonds is 2. The van der Waals surface area contributed by atoms with Crippen LogP contribution in [0.4, 0.5) is 0 Å². The molecule has 1 aliphatic rings. The van der Waals surface area contributed by atoms with Crippen molar-refractivity contribution >= 4 is 33.0 Å². The highest BCUT2D eigenvalue weighted by atomic mass is 32.1. The number of benzene rings is 1. The molecule has 100 valence electrons. The van der Waals surface area contributed by atoms with Gasteiger partial charge in [0.15, 0.2) is 11.4 Å². The highest BCUT2D eigenvalue weighted by Gasteiger charge is 2.45. The molecule has 0 saturated heterocycles. The molecule has 3 rings (SSSR count). The van der Waals surface area contributed by atoms with Crippen molar-refractivity contribution < 1.29 is 9.53 Å². The van der Waals surface area contributed by atoms with Crippen molar-refractivity contribution in [1.29, 1.82) is 5.26 Å². The number of Topliss-reactive ketones (excluding diaryl/α,β-unsaturated/α-hetero) is 1. The first-order valence-electron chi connectivity index (χ1n) is 6.46. The minimum atomic E-state index is -0.906. The predicted octanol–water partition coefficient (Wildman–Crippen LogP) is 3.90. The number of hydrogen-bond donors (Lipinski definition) is 0. The van der Waals surface area contributed by atoms with Crippen LogP contribution in [0.25, 0.3) is 15.8 Å². The number of nitrogens with zero attached hydrogens (tertiary/aromatic N) is 1. The first-order valence-corrected chi connectivity index (χ1v) is 7.28. The maximum Gasteiger partial charge on any atom is 0.220 e. The predicted molar refractivity (Wildman–Crippen MR) is 79.1 cm³/mol. The summed E-state index contributed by atoms with van der Waals surface area (Å²) in [5.74, 6) is 0.220. The van der Waals surface area contributed by atoms with Gasteiger partial charge in [0.05, 0.1) is 4.88 Å². The van der Waals surface area contributed by atoms with Crippen LogP contribution in [-0.2, 0) is 9.53 Å². The molecule has 20 heavy (non-hydrogen) atoms. The van der Waals surface area contributed by atoms with Gasteiger partial charge in [-0.05, 0) is 30.9 Å². The van der Waals surface area contributed by atoms with Crippen LogP contribution in [0.1, 0.15) is 25.1 Å². The lowest BCUT2D eigenvalue weighted by atomic mass is 9.95. The summed E-state index contributed by atoms with van der Waals surface area (Å²) in [5.41, 5.74) is -0.766. The van der Waals surface area contributed by atoms with Crippen LogP contribution < -0.4 is 0 Å². The first kappa shape index (κ1) is 12.9. The maximum atomic E-state index is 12.3. The van der Waals surface area contributed by atoms with Crippen LogP contribution >= 0.6 is 11.3 Å². The van der Waals surface area contributed by atoms with E-state index in [1.807, 2.05) is 43.3 Å². The molecule has 0 amide bonds. The normalized spacial score (nSPS) is 22.1. The first-order chi connectivity index (χ1) is 9.59. The van der Waals surface area contributed by atoms with Crippen molar-refractivity contribution in [1.82, 2.24) is 0 Å². The van der Waals surface area contributed by atoms with Crippen molar-refractivity contribution in [2.24, 2.45) is 0 Å². The molecule has 4 heteroatoms. The van der Waals surface area contributed by atoms with Gasteiger partial charge in [0.2, 0.25) is 5.78 Å². The largest absolute Gasteiger partial charge is 0.476 e. The van der Waals surface area contributed by atoms with Gasteiger partial charge in [-0.15, -0.1) is 11.3 Å². The number of ketones is 1. The molecule has 0 aliphatic carbocycles. The van der Waals surface area contributed by atoms with Gasteiger partial charge in [0.1, 0.15) is 11.6 Å². The Labute approximate surface area is 121 Å². The Hall–Kier alpha value is -2.12. The second kappa shape index (κ2) is 4.46. The summed E-state index contributed by atoms with van der Waals surface area (Å²) in [6.45, 7) is 3.63. The van der Waals surface area contributed by atoms with Gasteiger partial charge in [-0.1, -0.05) is 25.1 Å². The topological polar surface area (TPSA) is 50.1 Å².